The fourth-order valence-corrected chi connectivity index (χ4v) is 1.81. The van der Waals surface area contributed by atoms with Gasteiger partial charge in [0.2, 0.25) is 10.0 Å². The first-order valence-electron chi connectivity index (χ1n) is 5.33. The van der Waals surface area contributed by atoms with E-state index in [1.807, 2.05) is 0 Å². The van der Waals surface area contributed by atoms with Crippen molar-refractivity contribution < 1.29 is 13.2 Å². The molecule has 0 unspecified atom stereocenters. The highest BCUT2D eigenvalue weighted by Gasteiger charge is 2.07. The summed E-state index contributed by atoms with van der Waals surface area (Å²) in [5.41, 5.74) is 5.50. The van der Waals surface area contributed by atoms with Crippen LogP contribution in [0.3, 0.4) is 0 Å². The van der Waals surface area contributed by atoms with E-state index in [2.05, 4.69) is 15.0 Å². The molecule has 4 N–H and O–H groups in total. The number of carbonyl (C=O) groups is 1. The molecular weight excluding hydrogens is 256 g/mol. The number of anilines is 1. The van der Waals surface area contributed by atoms with Crippen molar-refractivity contribution in [1.29, 1.82) is 0 Å². The molecule has 1 amide bonds. The van der Waals surface area contributed by atoms with E-state index in [-0.39, 0.29) is 0 Å². The van der Waals surface area contributed by atoms with Crippen molar-refractivity contribution in [3.63, 3.8) is 0 Å². The molecule has 0 fully saturated rings. The monoisotopic (exact) mass is 272 g/mol. The maximum absolute atomic E-state index is 11.1. The predicted molar refractivity (Wildman–Crippen MR) is 68.7 cm³/mol. The van der Waals surface area contributed by atoms with Crippen molar-refractivity contribution >= 4 is 21.7 Å². The number of hydrogen-bond acceptors (Lipinski definition) is 5. The first-order chi connectivity index (χ1) is 8.40. The quantitative estimate of drug-likeness (QED) is 0.581. The molecule has 7 nitrogen and oxygen atoms in total. The van der Waals surface area contributed by atoms with Crippen molar-refractivity contribution in [3.05, 3.63) is 23.9 Å². The number of nitrogens with two attached hydrogens (primary N) is 1. The van der Waals surface area contributed by atoms with E-state index in [4.69, 9.17) is 5.73 Å². The Morgan fingerprint density at radius 3 is 2.78 bits per heavy atom. The predicted octanol–water partition coefficient (Wildman–Crippen LogP) is -0.468. The fraction of sp³-hybridized carbons (Fsp3) is 0.400. The number of amides is 1. The highest BCUT2D eigenvalue weighted by molar-refractivity contribution is 7.88. The molecule has 100 valence electrons. The second kappa shape index (κ2) is 6.31. The van der Waals surface area contributed by atoms with Gasteiger partial charge in [0.05, 0.1) is 11.8 Å². The third kappa shape index (κ3) is 5.11. The second-order valence-electron chi connectivity index (χ2n) is 3.71. The van der Waals surface area contributed by atoms with E-state index < -0.39 is 15.9 Å². The molecule has 0 aromatic carbocycles. The van der Waals surface area contributed by atoms with Gasteiger partial charge in [0.25, 0.3) is 5.91 Å². The van der Waals surface area contributed by atoms with E-state index in [0.29, 0.717) is 30.9 Å². The lowest BCUT2D eigenvalue weighted by Gasteiger charge is -2.08. The van der Waals surface area contributed by atoms with Gasteiger partial charge in [0, 0.05) is 19.3 Å². The number of carbonyl (C=O) groups excluding carboxylic acids is 1. The van der Waals surface area contributed by atoms with E-state index in [1.165, 1.54) is 0 Å². The molecule has 0 radical (unpaired) electrons. The Bertz CT molecular complexity index is 516. The van der Waals surface area contributed by atoms with Crippen LogP contribution in [0, 0.1) is 0 Å². The summed E-state index contributed by atoms with van der Waals surface area (Å²) >= 11 is 0. The van der Waals surface area contributed by atoms with Crippen LogP contribution in [0.5, 0.6) is 0 Å². The number of pyridine rings is 1. The number of hydrogen-bond donors (Lipinski definition) is 3. The van der Waals surface area contributed by atoms with Crippen LogP contribution in [0.25, 0.3) is 0 Å². The van der Waals surface area contributed by atoms with Crippen LogP contribution >= 0.6 is 0 Å². The van der Waals surface area contributed by atoms with Crippen LogP contribution < -0.4 is 15.8 Å². The Hall–Kier alpha value is -1.67. The molecule has 0 aliphatic heterocycles. The molecule has 1 aromatic rings. The third-order valence-electron chi connectivity index (χ3n) is 2.08. The molecule has 0 saturated heterocycles. The SMILES string of the molecule is CS(=O)(=O)NCCCNc1ncccc1C(N)=O. The van der Waals surface area contributed by atoms with Crippen LogP contribution in [0.4, 0.5) is 5.82 Å². The van der Waals surface area contributed by atoms with Crippen LogP contribution in [0.15, 0.2) is 18.3 Å². The summed E-state index contributed by atoms with van der Waals surface area (Å²) in [5.74, 6) is -0.149. The van der Waals surface area contributed by atoms with E-state index in [9.17, 15) is 13.2 Å². The number of sulfonamides is 1. The van der Waals surface area contributed by atoms with Gasteiger partial charge >= 0.3 is 0 Å². The van der Waals surface area contributed by atoms with E-state index >= 15 is 0 Å². The fourth-order valence-electron chi connectivity index (χ4n) is 1.30. The Morgan fingerprint density at radius 1 is 1.44 bits per heavy atom. The second-order valence-corrected chi connectivity index (χ2v) is 5.54. The summed E-state index contributed by atoms with van der Waals surface area (Å²) < 4.78 is 24.0. The zero-order valence-corrected chi connectivity index (χ0v) is 10.8. The van der Waals surface area contributed by atoms with Gasteiger partial charge in [-0.05, 0) is 18.6 Å². The molecule has 1 heterocycles. The maximum atomic E-state index is 11.1. The molecule has 0 bridgehead atoms. The standard InChI is InChI=1S/C10H16N4O3S/c1-18(16,17)14-7-3-6-13-10-8(9(11)15)4-2-5-12-10/h2,4-5,14H,3,6-7H2,1H3,(H2,11,15)(H,12,13). The zero-order valence-electron chi connectivity index (χ0n) is 10.0. The van der Waals surface area contributed by atoms with Crippen molar-refractivity contribution in [1.82, 2.24) is 9.71 Å². The lowest BCUT2D eigenvalue weighted by molar-refractivity contribution is 0.100. The van der Waals surface area contributed by atoms with E-state index in [1.54, 1.807) is 18.3 Å². The molecule has 0 aliphatic rings. The molecule has 1 aromatic heterocycles. The third-order valence-corrected chi connectivity index (χ3v) is 2.81. The minimum absolute atomic E-state index is 0.313. The van der Waals surface area contributed by atoms with Crippen molar-refractivity contribution in [2.45, 2.75) is 6.42 Å². The van der Waals surface area contributed by atoms with Gasteiger partial charge in [-0.25, -0.2) is 18.1 Å². The Balaban J connectivity index is 2.42. The molecule has 18 heavy (non-hydrogen) atoms. The molecule has 0 spiro atoms. The summed E-state index contributed by atoms with van der Waals surface area (Å²) in [4.78, 5) is 15.1. The van der Waals surface area contributed by atoms with Gasteiger partial charge < -0.3 is 11.1 Å². The van der Waals surface area contributed by atoms with Crippen LogP contribution in [0.1, 0.15) is 16.8 Å². The van der Waals surface area contributed by atoms with Gasteiger partial charge in [-0.1, -0.05) is 0 Å². The van der Waals surface area contributed by atoms with Crippen molar-refractivity contribution in [3.8, 4) is 0 Å². The summed E-state index contributed by atoms with van der Waals surface area (Å²) in [7, 11) is -3.16. The van der Waals surface area contributed by atoms with Crippen LogP contribution in [-0.2, 0) is 10.0 Å². The topological polar surface area (TPSA) is 114 Å². The lowest BCUT2D eigenvalue weighted by atomic mass is 10.2. The van der Waals surface area contributed by atoms with Crippen LogP contribution in [-0.4, -0.2) is 38.7 Å². The Labute approximate surface area is 106 Å². The Kier molecular flexibility index (Phi) is 5.05. The van der Waals surface area contributed by atoms with Gasteiger partial charge in [-0.3, -0.25) is 4.79 Å². The van der Waals surface area contributed by atoms with Gasteiger partial charge in [0.15, 0.2) is 0 Å². The average molecular weight is 272 g/mol. The highest BCUT2D eigenvalue weighted by Crippen LogP contribution is 2.09. The van der Waals surface area contributed by atoms with Crippen molar-refractivity contribution in [2.75, 3.05) is 24.7 Å². The molecule has 8 heteroatoms. The minimum atomic E-state index is -3.16. The number of rotatable bonds is 7. The lowest BCUT2D eigenvalue weighted by Crippen LogP contribution is -2.25. The molecule has 0 aliphatic carbocycles. The first-order valence-corrected chi connectivity index (χ1v) is 7.22. The molecule has 0 atom stereocenters. The van der Waals surface area contributed by atoms with Gasteiger partial charge in [-0.2, -0.15) is 0 Å². The maximum Gasteiger partial charge on any atom is 0.252 e. The largest absolute Gasteiger partial charge is 0.369 e. The summed E-state index contributed by atoms with van der Waals surface area (Å²) in [6.45, 7) is 0.810. The number of aromatic nitrogens is 1. The Morgan fingerprint density at radius 2 is 2.17 bits per heavy atom. The van der Waals surface area contributed by atoms with Crippen molar-refractivity contribution in [2.24, 2.45) is 5.73 Å². The summed E-state index contributed by atoms with van der Waals surface area (Å²) in [6, 6.07) is 3.20. The van der Waals surface area contributed by atoms with Gasteiger partial charge in [0.1, 0.15) is 5.82 Å². The number of nitrogens with one attached hydrogen (secondary N) is 2. The highest BCUT2D eigenvalue weighted by atomic mass is 32.2. The molecular formula is C10H16N4O3S. The van der Waals surface area contributed by atoms with E-state index in [0.717, 1.165) is 6.26 Å². The first kappa shape index (κ1) is 14.4. The number of nitrogens with zero attached hydrogens (tertiary/aromatic N) is 1. The van der Waals surface area contributed by atoms with Gasteiger partial charge in [-0.15, -0.1) is 0 Å². The molecule has 1 rings (SSSR count). The van der Waals surface area contributed by atoms with Crippen LogP contribution in [0.2, 0.25) is 0 Å². The minimum Gasteiger partial charge on any atom is -0.369 e. The summed E-state index contributed by atoms with van der Waals surface area (Å²) in [6.07, 6.45) is 3.22. The smallest absolute Gasteiger partial charge is 0.252 e. The molecule has 0 saturated carbocycles. The normalized spacial score (nSPS) is 11.2. The summed E-state index contributed by atoms with van der Waals surface area (Å²) in [5, 5.41) is 2.93. The number of primary amides is 1. The zero-order chi connectivity index (χ0) is 13.6. The average Bonchev–Trinajstić information content (AvgIpc) is 2.27.